The van der Waals surface area contributed by atoms with Crippen LogP contribution in [0.5, 0.6) is 17.2 Å². The number of aliphatic hydroxyl groups excluding tert-OH is 1. The minimum absolute atomic E-state index is 0.00531. The molecule has 4 aromatic rings. The lowest BCUT2D eigenvalue weighted by Gasteiger charge is -2.31. The molecule has 2 saturated heterocycles. The SMILES string of the molecule is CC(C)CN(C[C@H](O)[C@H](Cc1ccc(OCc2nccn2Cc2ccccc2)cc1)NC(=O)OC1CO[C@@H]2OCC[C@H]12)S(=O)(=O)c1ccc2c(c1)OCO2. The highest BCUT2D eigenvalue weighted by atomic mass is 32.2. The highest BCUT2D eigenvalue weighted by Crippen LogP contribution is 2.35. The van der Waals surface area contributed by atoms with Crippen molar-refractivity contribution < 1.29 is 46.7 Å². The standard InChI is InChI=1S/C39H46N4O10S/c1-26(2)20-43(54(46,47)30-12-13-34-35(19-30)52-25-51-34)22-33(44)32(41-39(45)53-36-23-50-38-31(36)14-17-48-38)18-27-8-10-29(11-9-27)49-24-37-40-15-16-42(37)21-28-6-4-3-5-7-28/h3-13,15-16,19,26,31-33,36,38,44H,14,17-18,20-25H2,1-2H3,(H,41,45)/t31-,32+,33+,36?,38+/m1/s1. The minimum atomic E-state index is -4.09. The summed E-state index contributed by atoms with van der Waals surface area (Å²) in [4.78, 5) is 17.8. The minimum Gasteiger partial charge on any atom is -0.486 e. The first-order valence-corrected chi connectivity index (χ1v) is 19.6. The lowest BCUT2D eigenvalue weighted by Crippen LogP contribution is -2.51. The van der Waals surface area contributed by atoms with E-state index in [0.29, 0.717) is 36.8 Å². The number of carbonyl (C=O) groups excluding carboxylic acids is 1. The van der Waals surface area contributed by atoms with E-state index in [1.807, 2.05) is 67.1 Å². The number of nitrogens with zero attached hydrogens (tertiary/aromatic N) is 3. The normalized spacial score (nSPS) is 20.2. The molecule has 1 unspecified atom stereocenters. The Morgan fingerprint density at radius 1 is 1.02 bits per heavy atom. The third-order valence-corrected chi connectivity index (χ3v) is 11.5. The lowest BCUT2D eigenvalue weighted by atomic mass is 10.0. The van der Waals surface area contributed by atoms with E-state index in [4.69, 9.17) is 28.4 Å². The fourth-order valence-electron chi connectivity index (χ4n) is 6.88. The predicted molar refractivity (Wildman–Crippen MR) is 195 cm³/mol. The van der Waals surface area contributed by atoms with Crippen molar-refractivity contribution >= 4 is 16.1 Å². The van der Waals surface area contributed by atoms with Crippen molar-refractivity contribution in [3.63, 3.8) is 0 Å². The number of fused-ring (bicyclic) bond motifs is 2. The summed E-state index contributed by atoms with van der Waals surface area (Å²) >= 11 is 0. The summed E-state index contributed by atoms with van der Waals surface area (Å²) in [6.07, 6.45) is 1.59. The summed E-state index contributed by atoms with van der Waals surface area (Å²) in [5, 5.41) is 14.6. The Morgan fingerprint density at radius 3 is 2.61 bits per heavy atom. The molecule has 0 bridgehead atoms. The maximum atomic E-state index is 14.0. The van der Waals surface area contributed by atoms with Crippen molar-refractivity contribution in [2.75, 3.05) is 33.1 Å². The molecule has 288 valence electrons. The number of rotatable bonds is 16. The Hall–Kier alpha value is -4.67. The molecule has 0 aliphatic carbocycles. The van der Waals surface area contributed by atoms with Crippen LogP contribution < -0.4 is 19.5 Å². The molecule has 3 aromatic carbocycles. The molecule has 54 heavy (non-hydrogen) atoms. The first kappa shape index (κ1) is 37.6. The van der Waals surface area contributed by atoms with Crippen molar-refractivity contribution in [2.45, 2.75) is 69.3 Å². The summed E-state index contributed by atoms with van der Waals surface area (Å²) in [6, 6.07) is 20.9. The number of aliphatic hydroxyl groups is 1. The predicted octanol–water partition coefficient (Wildman–Crippen LogP) is 4.35. The van der Waals surface area contributed by atoms with E-state index in [2.05, 4.69) is 22.4 Å². The third-order valence-electron chi connectivity index (χ3n) is 9.70. The summed E-state index contributed by atoms with van der Waals surface area (Å²) in [6.45, 7) is 5.30. The van der Waals surface area contributed by atoms with Crippen LogP contribution >= 0.6 is 0 Å². The second kappa shape index (κ2) is 16.8. The van der Waals surface area contributed by atoms with Crippen molar-refractivity contribution in [1.29, 1.82) is 0 Å². The van der Waals surface area contributed by atoms with Crippen LogP contribution in [0.25, 0.3) is 0 Å². The van der Waals surface area contributed by atoms with E-state index in [9.17, 15) is 18.3 Å². The largest absolute Gasteiger partial charge is 0.486 e. The van der Waals surface area contributed by atoms with Crippen LogP contribution in [-0.2, 0) is 43.8 Å². The fourth-order valence-corrected chi connectivity index (χ4v) is 8.52. The average Bonchev–Trinajstić information content (AvgIpc) is 3.98. The molecular weight excluding hydrogens is 717 g/mol. The molecule has 2 N–H and O–H groups in total. The highest BCUT2D eigenvalue weighted by molar-refractivity contribution is 7.89. The zero-order valence-electron chi connectivity index (χ0n) is 30.3. The number of ether oxygens (including phenoxy) is 6. The first-order valence-electron chi connectivity index (χ1n) is 18.2. The van der Waals surface area contributed by atoms with Gasteiger partial charge in [0.25, 0.3) is 0 Å². The van der Waals surface area contributed by atoms with Gasteiger partial charge in [0.05, 0.1) is 36.2 Å². The molecule has 15 heteroatoms. The smallest absolute Gasteiger partial charge is 0.407 e. The number of carbonyl (C=O) groups is 1. The Balaban J connectivity index is 1.05. The van der Waals surface area contributed by atoms with Crippen molar-refractivity contribution in [1.82, 2.24) is 19.2 Å². The van der Waals surface area contributed by atoms with Gasteiger partial charge in [0.2, 0.25) is 16.8 Å². The molecule has 2 fully saturated rings. The van der Waals surface area contributed by atoms with Gasteiger partial charge in [0.15, 0.2) is 17.8 Å². The molecule has 1 aromatic heterocycles. The molecule has 14 nitrogen and oxygen atoms in total. The number of hydrogen-bond acceptors (Lipinski definition) is 11. The van der Waals surface area contributed by atoms with Gasteiger partial charge in [0, 0.05) is 38.1 Å². The molecule has 3 aliphatic rings. The zero-order chi connectivity index (χ0) is 37.7. The van der Waals surface area contributed by atoms with Crippen molar-refractivity contribution in [3.8, 4) is 17.2 Å². The molecule has 0 spiro atoms. The number of sulfonamides is 1. The Bertz CT molecular complexity index is 1970. The summed E-state index contributed by atoms with van der Waals surface area (Å²) in [7, 11) is -4.09. The van der Waals surface area contributed by atoms with Gasteiger partial charge >= 0.3 is 6.09 Å². The van der Waals surface area contributed by atoms with Gasteiger partial charge in [-0.25, -0.2) is 18.2 Å². The lowest BCUT2D eigenvalue weighted by molar-refractivity contribution is -0.0907. The van der Waals surface area contributed by atoms with Crippen LogP contribution in [0.4, 0.5) is 4.79 Å². The monoisotopic (exact) mass is 762 g/mol. The fraction of sp³-hybridized carbons (Fsp3) is 0.436. The van der Waals surface area contributed by atoms with Gasteiger partial charge in [-0.2, -0.15) is 4.31 Å². The number of imidazole rings is 1. The van der Waals surface area contributed by atoms with E-state index < -0.39 is 40.7 Å². The van der Waals surface area contributed by atoms with Gasteiger partial charge in [-0.05, 0) is 54.2 Å². The van der Waals surface area contributed by atoms with E-state index >= 15 is 0 Å². The van der Waals surface area contributed by atoms with E-state index in [0.717, 1.165) is 17.0 Å². The van der Waals surface area contributed by atoms with Crippen LogP contribution in [0, 0.1) is 11.8 Å². The van der Waals surface area contributed by atoms with E-state index in [-0.39, 0.29) is 56.2 Å². The molecule has 4 heterocycles. The van der Waals surface area contributed by atoms with E-state index in [1.165, 1.54) is 16.4 Å². The Morgan fingerprint density at radius 2 is 1.81 bits per heavy atom. The number of alkyl carbamates (subject to hydrolysis) is 1. The molecule has 0 radical (unpaired) electrons. The maximum Gasteiger partial charge on any atom is 0.407 e. The molecular formula is C39H46N4O10S. The van der Waals surface area contributed by atoms with Crippen LogP contribution in [0.15, 0.2) is 90.1 Å². The topological polar surface area (TPSA) is 160 Å². The Labute approximate surface area is 315 Å². The van der Waals surface area contributed by atoms with Crippen LogP contribution in [0.3, 0.4) is 0 Å². The Kier molecular flexibility index (Phi) is 11.7. The first-order chi connectivity index (χ1) is 26.1. The highest BCUT2D eigenvalue weighted by Gasteiger charge is 2.44. The molecule has 0 saturated carbocycles. The van der Waals surface area contributed by atoms with Crippen LogP contribution in [0.2, 0.25) is 0 Å². The van der Waals surface area contributed by atoms with Gasteiger partial charge in [-0.1, -0.05) is 56.3 Å². The number of amides is 1. The number of nitrogens with one attached hydrogen (secondary N) is 1. The maximum absolute atomic E-state index is 14.0. The summed E-state index contributed by atoms with van der Waals surface area (Å²) in [5.41, 5.74) is 1.93. The van der Waals surface area contributed by atoms with Gasteiger partial charge < -0.3 is 43.4 Å². The van der Waals surface area contributed by atoms with Gasteiger partial charge in [-0.3, -0.25) is 0 Å². The van der Waals surface area contributed by atoms with Gasteiger partial charge in [0.1, 0.15) is 24.3 Å². The number of benzene rings is 3. The molecule has 7 rings (SSSR count). The summed E-state index contributed by atoms with van der Waals surface area (Å²) in [5.74, 6) is 2.05. The van der Waals surface area contributed by atoms with Crippen molar-refractivity contribution in [3.05, 3.63) is 102 Å². The van der Waals surface area contributed by atoms with E-state index in [1.54, 1.807) is 12.3 Å². The van der Waals surface area contributed by atoms with Crippen LogP contribution in [-0.4, -0.2) is 91.1 Å². The number of hydrogen-bond donors (Lipinski definition) is 2. The molecule has 1 amide bonds. The van der Waals surface area contributed by atoms with Crippen LogP contribution in [0.1, 0.15) is 37.2 Å². The molecule has 5 atom stereocenters. The number of aromatic nitrogens is 2. The zero-order valence-corrected chi connectivity index (χ0v) is 31.1. The van der Waals surface area contributed by atoms with Crippen molar-refractivity contribution in [2.24, 2.45) is 11.8 Å². The molecule has 3 aliphatic heterocycles. The second-order valence-electron chi connectivity index (χ2n) is 14.1. The van der Waals surface area contributed by atoms with Gasteiger partial charge in [-0.15, -0.1) is 0 Å². The summed E-state index contributed by atoms with van der Waals surface area (Å²) < 4.78 is 65.1. The second-order valence-corrected chi connectivity index (χ2v) is 16.0. The third kappa shape index (κ3) is 8.99. The quantitative estimate of drug-likeness (QED) is 0.167. The average molecular weight is 763 g/mol.